The number of amides is 2. The highest BCUT2D eigenvalue weighted by molar-refractivity contribution is 6.05. The first-order valence-electron chi connectivity index (χ1n) is 6.58. The summed E-state index contributed by atoms with van der Waals surface area (Å²) in [5.41, 5.74) is -0.167. The average Bonchev–Trinajstić information content (AvgIpc) is 2.50. The molecular weight excluding hydrogens is 272 g/mol. The molecule has 1 aromatic heterocycles. The van der Waals surface area contributed by atoms with Crippen LogP contribution in [0.15, 0.2) is 29.1 Å². The van der Waals surface area contributed by atoms with Gasteiger partial charge in [-0.25, -0.2) is 5.10 Å². The van der Waals surface area contributed by atoms with Crippen LogP contribution in [0.25, 0.3) is 10.8 Å². The van der Waals surface area contributed by atoms with Gasteiger partial charge in [-0.3, -0.25) is 14.4 Å². The van der Waals surface area contributed by atoms with Gasteiger partial charge in [-0.2, -0.15) is 5.10 Å². The Morgan fingerprint density at radius 2 is 1.90 bits per heavy atom. The van der Waals surface area contributed by atoms with Crippen molar-refractivity contribution in [2.75, 3.05) is 26.7 Å². The van der Waals surface area contributed by atoms with Crippen LogP contribution in [0.2, 0.25) is 0 Å². The van der Waals surface area contributed by atoms with Gasteiger partial charge in [-0.1, -0.05) is 18.2 Å². The highest BCUT2D eigenvalue weighted by Gasteiger charge is 2.27. The number of fused-ring (bicyclic) bond motifs is 1. The first-order chi connectivity index (χ1) is 10.1. The van der Waals surface area contributed by atoms with Crippen LogP contribution in [0, 0.1) is 0 Å². The number of aromatic amines is 1. The molecule has 1 aliphatic rings. The van der Waals surface area contributed by atoms with Gasteiger partial charge in [0.1, 0.15) is 6.54 Å². The van der Waals surface area contributed by atoms with Gasteiger partial charge >= 0.3 is 0 Å². The number of H-pyrrole nitrogens is 1. The lowest BCUT2D eigenvalue weighted by Crippen LogP contribution is -2.50. The fourth-order valence-electron chi connectivity index (χ4n) is 2.36. The van der Waals surface area contributed by atoms with Crippen molar-refractivity contribution < 1.29 is 9.59 Å². The molecule has 0 spiro atoms. The molecule has 3 rings (SSSR count). The molecule has 1 aliphatic heterocycles. The predicted octanol–water partition coefficient (Wildman–Crippen LogP) is -0.163. The highest BCUT2D eigenvalue weighted by atomic mass is 16.2. The van der Waals surface area contributed by atoms with Crippen molar-refractivity contribution in [2.45, 2.75) is 0 Å². The van der Waals surface area contributed by atoms with Crippen molar-refractivity contribution in [3.63, 3.8) is 0 Å². The largest absolute Gasteiger partial charge is 0.342 e. The van der Waals surface area contributed by atoms with Gasteiger partial charge in [0.25, 0.3) is 11.5 Å². The first-order valence-corrected chi connectivity index (χ1v) is 6.58. The maximum absolute atomic E-state index is 12.5. The van der Waals surface area contributed by atoms with E-state index in [1.54, 1.807) is 36.2 Å². The summed E-state index contributed by atoms with van der Waals surface area (Å²) in [7, 11) is 1.71. The van der Waals surface area contributed by atoms with E-state index in [-0.39, 0.29) is 29.6 Å². The molecule has 108 valence electrons. The van der Waals surface area contributed by atoms with Crippen molar-refractivity contribution >= 4 is 22.6 Å². The zero-order chi connectivity index (χ0) is 15.0. The van der Waals surface area contributed by atoms with Crippen LogP contribution < -0.4 is 5.56 Å². The van der Waals surface area contributed by atoms with Crippen molar-refractivity contribution in [3.8, 4) is 0 Å². The standard InChI is InChI=1S/C14H14N4O3/c1-17-6-7-18(8-11(17)19)14(21)12-9-4-2-3-5-10(9)13(20)16-15-12/h2-5H,6-8H2,1H3,(H,16,20). The van der Waals surface area contributed by atoms with E-state index in [4.69, 9.17) is 0 Å². The summed E-state index contributed by atoms with van der Waals surface area (Å²) in [6.07, 6.45) is 0. The summed E-state index contributed by atoms with van der Waals surface area (Å²) < 4.78 is 0. The van der Waals surface area contributed by atoms with Gasteiger partial charge in [0, 0.05) is 25.5 Å². The maximum atomic E-state index is 12.5. The van der Waals surface area contributed by atoms with Crippen LogP contribution in [0.1, 0.15) is 10.5 Å². The van der Waals surface area contributed by atoms with Gasteiger partial charge in [0.15, 0.2) is 5.69 Å². The lowest BCUT2D eigenvalue weighted by atomic mass is 10.1. The van der Waals surface area contributed by atoms with Crippen LogP contribution in [-0.4, -0.2) is 58.5 Å². The molecule has 1 N–H and O–H groups in total. The number of benzene rings is 1. The van der Waals surface area contributed by atoms with Crippen LogP contribution in [0.5, 0.6) is 0 Å². The molecule has 0 radical (unpaired) electrons. The van der Waals surface area contributed by atoms with Gasteiger partial charge in [-0.05, 0) is 6.07 Å². The Morgan fingerprint density at radius 1 is 1.19 bits per heavy atom. The number of hydrogen-bond donors (Lipinski definition) is 1. The zero-order valence-corrected chi connectivity index (χ0v) is 11.5. The number of hydrogen-bond acceptors (Lipinski definition) is 4. The molecule has 0 atom stereocenters. The van der Waals surface area contributed by atoms with Crippen molar-refractivity contribution in [1.29, 1.82) is 0 Å². The molecule has 2 amide bonds. The molecule has 0 bridgehead atoms. The fourth-order valence-corrected chi connectivity index (χ4v) is 2.36. The Hall–Kier alpha value is -2.70. The van der Waals surface area contributed by atoms with E-state index in [0.717, 1.165) is 0 Å². The number of aromatic nitrogens is 2. The fraction of sp³-hybridized carbons (Fsp3) is 0.286. The van der Waals surface area contributed by atoms with E-state index in [9.17, 15) is 14.4 Å². The number of rotatable bonds is 1. The quantitative estimate of drug-likeness (QED) is 0.789. The molecule has 0 saturated carbocycles. The van der Waals surface area contributed by atoms with E-state index < -0.39 is 0 Å². The predicted molar refractivity (Wildman–Crippen MR) is 75.9 cm³/mol. The van der Waals surface area contributed by atoms with Crippen LogP contribution in [0.3, 0.4) is 0 Å². The minimum Gasteiger partial charge on any atom is -0.342 e. The monoisotopic (exact) mass is 286 g/mol. The summed E-state index contributed by atoms with van der Waals surface area (Å²) in [5.74, 6) is -0.452. The summed E-state index contributed by atoms with van der Waals surface area (Å²) in [4.78, 5) is 39.0. The van der Waals surface area contributed by atoms with Crippen molar-refractivity contribution in [2.24, 2.45) is 0 Å². The highest BCUT2D eigenvalue weighted by Crippen LogP contribution is 2.15. The van der Waals surface area contributed by atoms with Gasteiger partial charge in [0.05, 0.1) is 5.39 Å². The topological polar surface area (TPSA) is 86.4 Å². The molecule has 1 fully saturated rings. The second kappa shape index (κ2) is 5.01. The number of carbonyl (C=O) groups excluding carboxylic acids is 2. The van der Waals surface area contributed by atoms with Gasteiger partial charge < -0.3 is 9.80 Å². The zero-order valence-electron chi connectivity index (χ0n) is 11.5. The summed E-state index contributed by atoms with van der Waals surface area (Å²) in [6.45, 7) is 0.979. The summed E-state index contributed by atoms with van der Waals surface area (Å²) >= 11 is 0. The Labute approximate surface area is 120 Å². The second-order valence-electron chi connectivity index (χ2n) is 4.99. The Morgan fingerprint density at radius 3 is 2.62 bits per heavy atom. The van der Waals surface area contributed by atoms with Crippen LogP contribution in [-0.2, 0) is 4.79 Å². The molecule has 7 heteroatoms. The van der Waals surface area contributed by atoms with Crippen LogP contribution in [0.4, 0.5) is 0 Å². The summed E-state index contributed by atoms with van der Waals surface area (Å²) in [5, 5.41) is 7.12. The number of likely N-dealkylation sites (N-methyl/N-ethyl adjacent to an activating group) is 1. The Balaban J connectivity index is 2.01. The van der Waals surface area contributed by atoms with Crippen LogP contribution >= 0.6 is 0 Å². The minimum absolute atomic E-state index is 0.0322. The van der Waals surface area contributed by atoms with E-state index >= 15 is 0 Å². The lowest BCUT2D eigenvalue weighted by molar-refractivity contribution is -0.133. The molecule has 2 heterocycles. The molecule has 0 aliphatic carbocycles. The molecule has 1 saturated heterocycles. The van der Waals surface area contributed by atoms with E-state index in [0.29, 0.717) is 23.9 Å². The van der Waals surface area contributed by atoms with E-state index in [1.807, 2.05) is 0 Å². The lowest BCUT2D eigenvalue weighted by Gasteiger charge is -2.31. The Bertz CT molecular complexity index is 783. The third-order valence-corrected chi connectivity index (χ3v) is 3.64. The van der Waals surface area contributed by atoms with E-state index in [1.165, 1.54) is 4.90 Å². The minimum atomic E-state index is -0.344. The van der Waals surface area contributed by atoms with Crippen molar-refractivity contribution in [3.05, 3.63) is 40.3 Å². The number of nitrogens with zero attached hydrogens (tertiary/aromatic N) is 3. The number of nitrogens with one attached hydrogen (secondary N) is 1. The van der Waals surface area contributed by atoms with E-state index in [2.05, 4.69) is 10.2 Å². The molecule has 0 unspecified atom stereocenters. The third kappa shape index (κ3) is 2.26. The smallest absolute Gasteiger partial charge is 0.275 e. The summed E-state index contributed by atoms with van der Waals surface area (Å²) in [6, 6.07) is 6.80. The van der Waals surface area contributed by atoms with Crippen molar-refractivity contribution in [1.82, 2.24) is 20.0 Å². The number of piperazine rings is 1. The molecular formula is C14H14N4O3. The first kappa shape index (κ1) is 13.3. The van der Waals surface area contributed by atoms with Gasteiger partial charge in [-0.15, -0.1) is 0 Å². The molecule has 2 aromatic rings. The normalized spacial score (nSPS) is 15.6. The van der Waals surface area contributed by atoms with Gasteiger partial charge in [0.2, 0.25) is 5.91 Å². The third-order valence-electron chi connectivity index (χ3n) is 3.64. The Kier molecular flexibility index (Phi) is 3.17. The molecule has 21 heavy (non-hydrogen) atoms. The second-order valence-corrected chi connectivity index (χ2v) is 4.99. The number of carbonyl (C=O) groups is 2. The molecule has 1 aromatic carbocycles. The average molecular weight is 286 g/mol. The molecule has 7 nitrogen and oxygen atoms in total. The maximum Gasteiger partial charge on any atom is 0.275 e. The SMILES string of the molecule is CN1CCN(C(=O)c2n[nH]c(=O)c3ccccc23)CC1=O.